The van der Waals surface area contributed by atoms with E-state index >= 15 is 0 Å². The summed E-state index contributed by atoms with van der Waals surface area (Å²) in [7, 11) is -2.09. The number of rotatable bonds is 44. The van der Waals surface area contributed by atoms with E-state index in [0.717, 1.165) is 6.26 Å². The van der Waals surface area contributed by atoms with E-state index in [-0.39, 0.29) is 48.7 Å². The third-order valence-corrected chi connectivity index (χ3v) is 13.1. The second-order valence-electron chi connectivity index (χ2n) is 18.1. The molecule has 5 rings (SSSR count). The molecule has 0 radical (unpaired) electrons. The number of amides is 3. The van der Waals surface area contributed by atoms with Crippen molar-refractivity contribution in [2.75, 3.05) is 171 Å². The number of hydrogen-bond donors (Lipinski definition) is 2. The Balaban J connectivity index is 0.00000697. The van der Waals surface area contributed by atoms with Crippen molar-refractivity contribution in [3.05, 3.63) is 65.5 Å². The summed E-state index contributed by atoms with van der Waals surface area (Å²) in [5, 5.41) is 7.73. The first-order valence-electron chi connectivity index (χ1n) is 27.0. The zero-order chi connectivity index (χ0) is 58.5. The first kappa shape index (κ1) is 67.7. The molecule has 0 atom stereocenters. The van der Waals surface area contributed by atoms with Gasteiger partial charge in [0, 0.05) is 92.2 Å². The van der Waals surface area contributed by atoms with Gasteiger partial charge in [-0.05, 0) is 61.2 Å². The summed E-state index contributed by atoms with van der Waals surface area (Å²) < 4.78 is 92.6. The summed E-state index contributed by atoms with van der Waals surface area (Å²) in [5.74, 6) is -1.76. The van der Waals surface area contributed by atoms with Gasteiger partial charge in [-0.25, -0.2) is 13.2 Å². The standard InChI is InChI=1S/C55H78N4O19S.CH2O/c1-66-19-20-68-23-24-70-27-28-72-31-32-74-35-36-76-38-37-75-34-33-73-30-29-71-26-25-69-22-21-67-18-6-17-58(16-5-3-4-7-53(62)78-59-51(60)14-15-52(59)61)55(63)45-13-10-44(79(2,64)65)41-48(45)54-46-11-8-42(56)39-49(46)77-50-40-43(57)9-12-47(50)54;1-2/h8-13,39-41,56H,3-7,14-38,57H2,1-2H3;1H2/p+1. The van der Waals surface area contributed by atoms with Gasteiger partial charge in [-0.1, -0.05) is 6.42 Å². The van der Waals surface area contributed by atoms with Crippen molar-refractivity contribution < 1.29 is 99.2 Å². The monoisotopic (exact) mass is 1160 g/mol. The van der Waals surface area contributed by atoms with Gasteiger partial charge < -0.3 is 76.8 Å². The fourth-order valence-electron chi connectivity index (χ4n) is 7.98. The van der Waals surface area contributed by atoms with E-state index in [1.165, 1.54) is 18.2 Å². The minimum Gasteiger partial charge on any atom is -0.456 e. The average molecular weight is 1160 g/mol. The Kier molecular flexibility index (Phi) is 33.1. The number of benzene rings is 3. The van der Waals surface area contributed by atoms with Crippen LogP contribution in [0.2, 0.25) is 0 Å². The highest BCUT2D eigenvalue weighted by Gasteiger charge is 2.33. The van der Waals surface area contributed by atoms with Crippen LogP contribution in [0.1, 0.15) is 55.3 Å². The van der Waals surface area contributed by atoms with Crippen molar-refractivity contribution in [3.63, 3.8) is 0 Å². The minimum absolute atomic E-state index is 0.00335. The van der Waals surface area contributed by atoms with Crippen molar-refractivity contribution >= 4 is 57.0 Å². The molecule has 2 aromatic rings. The highest BCUT2D eigenvalue weighted by Crippen LogP contribution is 2.42. The van der Waals surface area contributed by atoms with Gasteiger partial charge in [0.25, 0.3) is 17.7 Å². The van der Waals surface area contributed by atoms with Gasteiger partial charge in [0.2, 0.25) is 0 Å². The Morgan fingerprint density at radius 2 is 1.09 bits per heavy atom. The van der Waals surface area contributed by atoms with Crippen LogP contribution in [0.15, 0.2) is 63.9 Å². The molecule has 24 nitrogen and oxygen atoms in total. The van der Waals surface area contributed by atoms with E-state index in [0.29, 0.717) is 214 Å². The van der Waals surface area contributed by atoms with Crippen LogP contribution in [0.5, 0.6) is 0 Å². The molecule has 81 heavy (non-hydrogen) atoms. The number of carbonyl (C=O) groups is 5. The quantitative estimate of drug-likeness (QED) is 0.0278. The summed E-state index contributed by atoms with van der Waals surface area (Å²) >= 11 is 0. The maximum Gasteiger partial charge on any atom is 0.333 e. The van der Waals surface area contributed by atoms with Gasteiger partial charge in [0.1, 0.15) is 18.1 Å². The molecule has 4 N–H and O–H groups in total. The largest absolute Gasteiger partial charge is 0.456 e. The number of nitrogen functional groups attached to an aromatic ring is 1. The number of sulfone groups is 1. The van der Waals surface area contributed by atoms with Crippen LogP contribution in [0.25, 0.3) is 33.4 Å². The van der Waals surface area contributed by atoms with Gasteiger partial charge in [-0.2, -0.15) is 0 Å². The third kappa shape index (κ3) is 25.5. The normalized spacial score (nSPS) is 12.6. The van der Waals surface area contributed by atoms with E-state index in [9.17, 15) is 27.6 Å². The van der Waals surface area contributed by atoms with E-state index in [2.05, 4.69) is 0 Å². The molecule has 0 aromatic heterocycles. The van der Waals surface area contributed by atoms with Crippen LogP contribution >= 0.6 is 0 Å². The molecule has 0 unspecified atom stereocenters. The number of nitrogens with zero attached hydrogens (tertiary/aromatic N) is 2. The number of hydroxylamine groups is 2. The number of anilines is 1. The van der Waals surface area contributed by atoms with E-state index in [4.69, 9.17) is 77.3 Å². The fraction of sp³-hybridized carbons (Fsp3) is 0.571. The summed E-state index contributed by atoms with van der Waals surface area (Å²) in [6.07, 6.45) is 2.90. The topological polar surface area (TPSA) is 301 Å². The van der Waals surface area contributed by atoms with Crippen LogP contribution in [0, 0.1) is 0 Å². The molecule has 3 amide bonds. The molecule has 2 heterocycles. The molecule has 2 aromatic carbocycles. The van der Waals surface area contributed by atoms with Gasteiger partial charge in [-0.15, -0.1) is 5.06 Å². The number of nitrogens with two attached hydrogens (primary N) is 2. The number of unbranched alkanes of at least 4 members (excludes halogenated alkanes) is 2. The van der Waals surface area contributed by atoms with Crippen molar-refractivity contribution in [2.45, 2.75) is 49.8 Å². The van der Waals surface area contributed by atoms with E-state index < -0.39 is 27.6 Å². The molecular formula is C56H81N4O20S+. The van der Waals surface area contributed by atoms with Crippen molar-refractivity contribution in [1.29, 1.82) is 0 Å². The number of ether oxygens (including phenoxy) is 11. The lowest BCUT2D eigenvalue weighted by Crippen LogP contribution is -2.44. The molecule has 1 fully saturated rings. The summed E-state index contributed by atoms with van der Waals surface area (Å²) in [4.78, 5) is 65.9. The zero-order valence-electron chi connectivity index (χ0n) is 46.7. The molecule has 1 aliphatic carbocycles. The summed E-state index contributed by atoms with van der Waals surface area (Å²) in [6, 6.07) is 14.7. The van der Waals surface area contributed by atoms with Gasteiger partial charge >= 0.3 is 5.97 Å². The number of fused-ring (bicyclic) bond motifs is 2. The zero-order valence-corrected chi connectivity index (χ0v) is 47.6. The van der Waals surface area contributed by atoms with Crippen molar-refractivity contribution in [3.8, 4) is 22.5 Å². The van der Waals surface area contributed by atoms with Gasteiger partial charge in [-0.3, -0.25) is 19.8 Å². The molecule has 0 bridgehead atoms. The molecule has 25 heteroatoms. The molecule has 1 saturated heterocycles. The number of imide groups is 1. The maximum absolute atomic E-state index is 14.9. The summed E-state index contributed by atoms with van der Waals surface area (Å²) in [5.41, 5.74) is 8.80. The Labute approximate surface area is 473 Å². The van der Waals surface area contributed by atoms with Gasteiger partial charge in [0.15, 0.2) is 15.2 Å². The summed E-state index contributed by atoms with van der Waals surface area (Å²) in [6.45, 7) is 11.9. The Morgan fingerprint density at radius 3 is 1.58 bits per heavy atom. The molecule has 0 saturated carbocycles. The lowest BCUT2D eigenvalue weighted by atomic mass is 9.90. The second kappa shape index (κ2) is 39.6. The van der Waals surface area contributed by atoms with E-state index in [1.54, 1.807) is 48.4 Å². The van der Waals surface area contributed by atoms with Crippen molar-refractivity contribution in [2.24, 2.45) is 0 Å². The molecule has 3 aliphatic rings. The van der Waals surface area contributed by atoms with Crippen LogP contribution < -0.4 is 16.5 Å². The third-order valence-electron chi connectivity index (χ3n) is 12.0. The van der Waals surface area contributed by atoms with Crippen LogP contribution in [0.3, 0.4) is 0 Å². The first-order chi connectivity index (χ1) is 39.4. The highest BCUT2D eigenvalue weighted by molar-refractivity contribution is 7.90. The molecule has 2 aliphatic heterocycles. The predicted octanol–water partition coefficient (Wildman–Crippen LogP) is 2.48. The number of carbonyl (C=O) groups excluding carboxylic acids is 5. The number of hydrogen-bond acceptors (Lipinski definition) is 21. The first-order valence-corrected chi connectivity index (χ1v) is 28.9. The Morgan fingerprint density at radius 1 is 0.605 bits per heavy atom. The Hall–Kier alpha value is -5.81. The highest BCUT2D eigenvalue weighted by atomic mass is 32.2. The smallest absolute Gasteiger partial charge is 0.333 e. The predicted molar refractivity (Wildman–Crippen MR) is 294 cm³/mol. The van der Waals surface area contributed by atoms with Crippen LogP contribution in [-0.4, -0.2) is 214 Å². The lowest BCUT2D eigenvalue weighted by Gasteiger charge is -2.25. The minimum atomic E-state index is -3.73. The Bertz CT molecular complexity index is 2620. The number of methoxy groups -OCH3 is 1. The SMILES string of the molecule is C=O.COCCOCCOCCOCCOCCOCCOCCOCCOCCOCCOCCCN(CCCCCC(=O)ON1C(=O)CCC1=O)C(=O)c1ccc(S(C)(=O)=O)cc1-c1c2ccc(=[NH2+])cc-2oc2cc(N)ccc12. The fourth-order valence-corrected chi connectivity index (χ4v) is 8.63. The van der Waals surface area contributed by atoms with E-state index in [1.807, 2.05) is 6.79 Å². The van der Waals surface area contributed by atoms with Crippen LogP contribution in [-0.2, 0) is 86.0 Å². The maximum atomic E-state index is 14.9. The molecule has 0 spiro atoms. The van der Waals surface area contributed by atoms with Crippen molar-refractivity contribution in [1.82, 2.24) is 9.96 Å². The van der Waals surface area contributed by atoms with Gasteiger partial charge in [0.05, 0.1) is 143 Å². The van der Waals surface area contributed by atoms with Crippen LogP contribution in [0.4, 0.5) is 5.69 Å². The molecule has 450 valence electrons. The second-order valence-corrected chi connectivity index (χ2v) is 20.1. The molecular weight excluding hydrogens is 1080 g/mol. The lowest BCUT2D eigenvalue weighted by molar-refractivity contribution is -0.197. The average Bonchev–Trinajstić information content (AvgIpc) is 3.78.